The van der Waals surface area contributed by atoms with Crippen LogP contribution in [0.3, 0.4) is 0 Å². The number of rotatable bonds is 5. The van der Waals surface area contributed by atoms with Crippen molar-refractivity contribution in [2.75, 3.05) is 6.54 Å². The van der Waals surface area contributed by atoms with Crippen LogP contribution in [0.25, 0.3) is 0 Å². The quantitative estimate of drug-likeness (QED) is 0.691. The van der Waals surface area contributed by atoms with Crippen molar-refractivity contribution in [3.63, 3.8) is 0 Å². The van der Waals surface area contributed by atoms with Crippen LogP contribution in [0.15, 0.2) is 18.2 Å². The van der Waals surface area contributed by atoms with Gasteiger partial charge in [-0.25, -0.2) is 0 Å². The van der Waals surface area contributed by atoms with Crippen molar-refractivity contribution in [2.45, 2.75) is 32.8 Å². The maximum Gasteiger partial charge on any atom is 0.251 e. The van der Waals surface area contributed by atoms with Gasteiger partial charge in [-0.05, 0) is 60.1 Å². The van der Waals surface area contributed by atoms with Gasteiger partial charge in [0, 0.05) is 12.1 Å². The molecule has 0 fully saturated rings. The summed E-state index contributed by atoms with van der Waals surface area (Å²) in [5.74, 6) is 0.146. The number of carbonyl (C=O) groups excluding carboxylic acids is 1. The minimum absolute atomic E-state index is 0.0854. The smallest absolute Gasteiger partial charge is 0.251 e. The Morgan fingerprint density at radius 1 is 1.47 bits per heavy atom. The van der Waals surface area contributed by atoms with Gasteiger partial charge in [0.2, 0.25) is 0 Å². The molecule has 1 unspecified atom stereocenters. The van der Waals surface area contributed by atoms with Crippen molar-refractivity contribution >= 4 is 28.5 Å². The molecule has 0 bridgehead atoms. The number of hydrogen-bond donors (Lipinski definition) is 3. The lowest BCUT2D eigenvalue weighted by Gasteiger charge is -2.25. The molecule has 0 aliphatic rings. The number of carbonyl (C=O) groups is 1. The number of nitrogens with one attached hydrogen (secondary N) is 1. The van der Waals surface area contributed by atoms with Crippen LogP contribution in [0.4, 0.5) is 0 Å². The molecule has 0 saturated carbocycles. The molecule has 5 heteroatoms. The number of halogens is 1. The van der Waals surface area contributed by atoms with Gasteiger partial charge in [-0.2, -0.15) is 0 Å². The third kappa shape index (κ3) is 5.36. The molecule has 19 heavy (non-hydrogen) atoms. The van der Waals surface area contributed by atoms with Gasteiger partial charge in [-0.1, -0.05) is 13.8 Å². The molecule has 0 aliphatic carbocycles. The van der Waals surface area contributed by atoms with E-state index in [0.717, 1.165) is 0 Å². The van der Waals surface area contributed by atoms with Gasteiger partial charge >= 0.3 is 0 Å². The van der Waals surface area contributed by atoms with E-state index in [9.17, 15) is 15.0 Å². The zero-order valence-corrected chi connectivity index (χ0v) is 13.6. The number of hydrogen-bond acceptors (Lipinski definition) is 3. The Morgan fingerprint density at radius 2 is 2.11 bits per heavy atom. The molecule has 1 aromatic carbocycles. The fraction of sp³-hybridized carbons (Fsp3) is 0.500. The van der Waals surface area contributed by atoms with Crippen molar-refractivity contribution in [2.24, 2.45) is 5.92 Å². The summed E-state index contributed by atoms with van der Waals surface area (Å²) in [6, 6.07) is 4.75. The second-order valence-corrected chi connectivity index (χ2v) is 6.61. The molecule has 3 N–H and O–H groups in total. The van der Waals surface area contributed by atoms with Crippen molar-refractivity contribution < 1.29 is 15.0 Å². The average molecular weight is 377 g/mol. The van der Waals surface area contributed by atoms with E-state index >= 15 is 0 Å². The van der Waals surface area contributed by atoms with Gasteiger partial charge in [0.05, 0.1) is 9.17 Å². The van der Waals surface area contributed by atoms with Crippen molar-refractivity contribution in [1.29, 1.82) is 0 Å². The van der Waals surface area contributed by atoms with Crippen molar-refractivity contribution in [3.05, 3.63) is 27.3 Å². The molecule has 0 radical (unpaired) electrons. The highest BCUT2D eigenvalue weighted by atomic mass is 127. The molecule has 0 aliphatic heterocycles. The van der Waals surface area contributed by atoms with Crippen LogP contribution in [0.5, 0.6) is 5.75 Å². The predicted octanol–water partition coefficient (Wildman–Crippen LogP) is 2.52. The minimum Gasteiger partial charge on any atom is -0.507 e. The SMILES string of the molecule is CC(C)CC(C)(O)CNC(=O)c1ccc(I)c(O)c1. The van der Waals surface area contributed by atoms with E-state index in [2.05, 4.69) is 5.32 Å². The second-order valence-electron chi connectivity index (χ2n) is 5.44. The lowest BCUT2D eigenvalue weighted by Crippen LogP contribution is -2.41. The summed E-state index contributed by atoms with van der Waals surface area (Å²) in [6.45, 7) is 5.94. The molecule has 1 atom stereocenters. The maximum atomic E-state index is 11.9. The Labute approximate surface area is 127 Å². The highest BCUT2D eigenvalue weighted by molar-refractivity contribution is 14.1. The second kappa shape index (κ2) is 6.56. The van der Waals surface area contributed by atoms with E-state index in [-0.39, 0.29) is 18.2 Å². The third-order valence-electron chi connectivity index (χ3n) is 2.69. The molecule has 106 valence electrons. The number of aliphatic hydroxyl groups is 1. The molecule has 0 aromatic heterocycles. The standard InChI is InChI=1S/C14H20INO3/c1-9(2)7-14(3,19)8-16-13(18)10-4-5-11(15)12(17)6-10/h4-6,9,17,19H,7-8H2,1-3H3,(H,16,18). The summed E-state index contributed by atoms with van der Waals surface area (Å²) in [6.07, 6.45) is 0.616. The molecular formula is C14H20INO3. The van der Waals surface area contributed by atoms with Gasteiger partial charge in [0.25, 0.3) is 5.91 Å². The van der Waals surface area contributed by atoms with E-state index in [1.807, 2.05) is 36.4 Å². The van der Waals surface area contributed by atoms with Gasteiger partial charge in [0.15, 0.2) is 0 Å². The molecule has 1 amide bonds. The molecule has 0 spiro atoms. The minimum atomic E-state index is -0.922. The summed E-state index contributed by atoms with van der Waals surface area (Å²) >= 11 is 1.99. The topological polar surface area (TPSA) is 69.6 Å². The first-order chi connectivity index (χ1) is 8.71. The lowest BCUT2D eigenvalue weighted by atomic mass is 9.94. The van der Waals surface area contributed by atoms with Crippen LogP contribution in [0, 0.1) is 9.49 Å². The first kappa shape index (κ1) is 16.2. The fourth-order valence-electron chi connectivity index (χ4n) is 1.98. The number of amides is 1. The van der Waals surface area contributed by atoms with E-state index in [1.54, 1.807) is 19.1 Å². The fourth-order valence-corrected chi connectivity index (χ4v) is 2.31. The maximum absolute atomic E-state index is 11.9. The number of aromatic hydroxyl groups is 1. The normalized spacial score (nSPS) is 14.2. The van der Waals surface area contributed by atoms with Crippen LogP contribution in [-0.4, -0.2) is 28.3 Å². The average Bonchev–Trinajstić information content (AvgIpc) is 2.28. The molecule has 4 nitrogen and oxygen atoms in total. The van der Waals surface area contributed by atoms with Crippen LogP contribution in [0.2, 0.25) is 0 Å². The molecule has 1 rings (SSSR count). The molecular weight excluding hydrogens is 357 g/mol. The number of phenolic OH excluding ortho intramolecular Hbond substituents is 1. The first-order valence-electron chi connectivity index (χ1n) is 6.20. The Morgan fingerprint density at radius 3 is 2.63 bits per heavy atom. The van der Waals surface area contributed by atoms with Crippen LogP contribution >= 0.6 is 22.6 Å². The van der Waals surface area contributed by atoms with E-state index in [0.29, 0.717) is 21.5 Å². The molecule has 0 heterocycles. The largest absolute Gasteiger partial charge is 0.507 e. The van der Waals surface area contributed by atoms with Gasteiger partial charge in [0.1, 0.15) is 5.75 Å². The number of phenols is 1. The molecule has 0 saturated heterocycles. The van der Waals surface area contributed by atoms with Gasteiger partial charge in [-0.15, -0.1) is 0 Å². The Bertz CT molecular complexity index is 458. The number of benzene rings is 1. The summed E-state index contributed by atoms with van der Waals surface area (Å²) in [7, 11) is 0. The van der Waals surface area contributed by atoms with Crippen molar-refractivity contribution in [1.82, 2.24) is 5.32 Å². The molecule has 1 aromatic rings. The van der Waals surface area contributed by atoms with Crippen LogP contribution in [0.1, 0.15) is 37.6 Å². The summed E-state index contributed by atoms with van der Waals surface area (Å²) < 4.78 is 0.695. The van der Waals surface area contributed by atoms with Crippen LogP contribution < -0.4 is 5.32 Å². The zero-order chi connectivity index (χ0) is 14.6. The monoisotopic (exact) mass is 377 g/mol. The summed E-state index contributed by atoms with van der Waals surface area (Å²) in [5.41, 5.74) is -0.534. The highest BCUT2D eigenvalue weighted by Crippen LogP contribution is 2.20. The van der Waals surface area contributed by atoms with Gasteiger partial charge in [-0.3, -0.25) is 4.79 Å². The summed E-state index contributed by atoms with van der Waals surface area (Å²) in [5, 5.41) is 22.4. The van der Waals surface area contributed by atoms with Crippen molar-refractivity contribution in [3.8, 4) is 5.75 Å². The first-order valence-corrected chi connectivity index (χ1v) is 7.28. The van der Waals surface area contributed by atoms with Crippen LogP contribution in [-0.2, 0) is 0 Å². The zero-order valence-electron chi connectivity index (χ0n) is 11.4. The Kier molecular flexibility index (Phi) is 5.61. The van der Waals surface area contributed by atoms with E-state index in [4.69, 9.17) is 0 Å². The highest BCUT2D eigenvalue weighted by Gasteiger charge is 2.22. The predicted molar refractivity (Wildman–Crippen MR) is 83.2 cm³/mol. The summed E-state index contributed by atoms with van der Waals surface area (Å²) in [4.78, 5) is 11.9. The Hall–Kier alpha value is -0.820. The Balaban J connectivity index is 2.62. The lowest BCUT2D eigenvalue weighted by molar-refractivity contribution is 0.0368. The van der Waals surface area contributed by atoms with Gasteiger partial charge < -0.3 is 15.5 Å². The third-order valence-corrected chi connectivity index (χ3v) is 3.60. The van der Waals surface area contributed by atoms with E-state index in [1.165, 1.54) is 6.07 Å². The van der Waals surface area contributed by atoms with E-state index < -0.39 is 5.60 Å².